The van der Waals surface area contributed by atoms with Gasteiger partial charge in [0.2, 0.25) is 15.9 Å². The Morgan fingerprint density at radius 2 is 1.65 bits per heavy atom. The summed E-state index contributed by atoms with van der Waals surface area (Å²) in [6, 6.07) is 23.6. The van der Waals surface area contributed by atoms with Gasteiger partial charge in [0, 0.05) is 17.7 Å². The number of sulfonamides is 1. The topological polar surface area (TPSA) is 189 Å². The van der Waals surface area contributed by atoms with Crippen molar-refractivity contribution in [3.05, 3.63) is 102 Å². The number of benzene rings is 3. The number of aldehydes is 1. The quantitative estimate of drug-likeness (QED) is 0.0972. The van der Waals surface area contributed by atoms with Crippen LogP contribution >= 0.6 is 0 Å². The van der Waals surface area contributed by atoms with E-state index in [2.05, 4.69) is 20.0 Å². The van der Waals surface area contributed by atoms with Crippen LogP contribution in [0.1, 0.15) is 29.5 Å². The van der Waals surface area contributed by atoms with Crippen molar-refractivity contribution >= 4 is 45.5 Å². The minimum atomic E-state index is -4.05. The molecule has 224 valence electrons. The molecule has 0 saturated carbocycles. The molecule has 1 aliphatic rings. The van der Waals surface area contributed by atoms with Crippen LogP contribution in [0.15, 0.2) is 94.9 Å². The van der Waals surface area contributed by atoms with Gasteiger partial charge in [0.05, 0.1) is 23.2 Å². The summed E-state index contributed by atoms with van der Waals surface area (Å²) >= 11 is 0. The number of hydrogen-bond donors (Lipinski definition) is 4. The number of aliphatic imine (C=N–C) groups is 2. The van der Waals surface area contributed by atoms with E-state index in [0.29, 0.717) is 40.8 Å². The molecular formula is C30H33N7O5S. The Hall–Kier alpha value is -4.88. The van der Waals surface area contributed by atoms with Gasteiger partial charge in [-0.05, 0) is 24.5 Å². The lowest BCUT2D eigenvalue weighted by Gasteiger charge is -2.25. The van der Waals surface area contributed by atoms with Gasteiger partial charge >= 0.3 is 0 Å². The molecule has 0 unspecified atom stereocenters. The van der Waals surface area contributed by atoms with Crippen LogP contribution in [0.2, 0.25) is 0 Å². The fourth-order valence-corrected chi connectivity index (χ4v) is 5.80. The van der Waals surface area contributed by atoms with Crippen LogP contribution < -0.4 is 26.4 Å². The van der Waals surface area contributed by atoms with E-state index in [-0.39, 0.29) is 24.7 Å². The smallest absolute Gasteiger partial charge is 0.268 e. The van der Waals surface area contributed by atoms with Crippen LogP contribution in [-0.2, 0) is 30.2 Å². The molecule has 3 aromatic carbocycles. The Balaban J connectivity index is 1.65. The molecule has 1 heterocycles. The molecule has 13 heteroatoms. The van der Waals surface area contributed by atoms with E-state index in [1.807, 2.05) is 6.07 Å². The van der Waals surface area contributed by atoms with E-state index >= 15 is 0 Å². The highest BCUT2D eigenvalue weighted by Crippen LogP contribution is 2.28. The van der Waals surface area contributed by atoms with E-state index < -0.39 is 40.6 Å². The third-order valence-corrected chi connectivity index (χ3v) is 7.82. The number of hydrogen-bond acceptors (Lipinski definition) is 7. The number of carbonyl (C=O) groups excluding carboxylic acids is 3. The zero-order chi connectivity index (χ0) is 30.8. The van der Waals surface area contributed by atoms with E-state index in [1.165, 1.54) is 4.90 Å². The molecule has 12 nitrogen and oxygen atoms in total. The number of benzodiazepines with no additional fused rings is 1. The molecule has 1 aliphatic heterocycles. The molecule has 2 amide bonds. The molecule has 3 aromatic rings. The second-order valence-electron chi connectivity index (χ2n) is 9.81. The average molecular weight is 604 g/mol. The highest BCUT2D eigenvalue weighted by molar-refractivity contribution is 7.88. The highest BCUT2D eigenvalue weighted by Gasteiger charge is 2.35. The standard InChI is InChI=1S/C30H33N7O5S/c31-30(32)33-17-9-14-23(19-38)34-26(39)18-37-25-16-8-7-15-24(25)27(22-12-5-2-6-13-22)35-28(29(37)40)36-43(41,42)20-21-10-3-1-4-11-21/h1-8,10-13,15-16,19,23,28,36H,9,14,17-18,20H2,(H,34,39)(H4,31,32,33)/t23-,28+/m0/s1. The number of amides is 2. The molecule has 4 rings (SSSR count). The molecule has 0 fully saturated rings. The Bertz CT molecular complexity index is 1610. The summed E-state index contributed by atoms with van der Waals surface area (Å²) < 4.78 is 28.9. The van der Waals surface area contributed by atoms with E-state index in [4.69, 9.17) is 11.5 Å². The minimum Gasteiger partial charge on any atom is -0.370 e. The first-order valence-corrected chi connectivity index (χ1v) is 15.2. The Labute approximate surface area is 249 Å². The SMILES string of the molecule is NC(N)=NCCC[C@@H](C=O)NC(=O)CN1C(=O)[C@@H](NS(=O)(=O)Cc2ccccc2)N=C(c2ccccc2)c2ccccc21. The number of para-hydroxylation sites is 1. The normalized spacial score (nSPS) is 15.4. The third kappa shape index (κ3) is 8.56. The summed E-state index contributed by atoms with van der Waals surface area (Å²) in [6.07, 6.45) is -0.250. The largest absolute Gasteiger partial charge is 0.370 e. The second-order valence-corrected chi connectivity index (χ2v) is 11.6. The van der Waals surface area contributed by atoms with Gasteiger partial charge in [0.15, 0.2) is 12.1 Å². The van der Waals surface area contributed by atoms with Crippen molar-refractivity contribution in [2.45, 2.75) is 30.8 Å². The van der Waals surface area contributed by atoms with Crippen molar-refractivity contribution in [3.8, 4) is 0 Å². The van der Waals surface area contributed by atoms with E-state index in [9.17, 15) is 22.8 Å². The number of fused-ring (bicyclic) bond motifs is 1. The number of nitrogens with one attached hydrogen (secondary N) is 2. The molecule has 0 spiro atoms. The van der Waals surface area contributed by atoms with Crippen LogP contribution in [-0.4, -0.2) is 63.5 Å². The summed E-state index contributed by atoms with van der Waals surface area (Å²) in [6.45, 7) is -0.201. The summed E-state index contributed by atoms with van der Waals surface area (Å²) in [5.74, 6) is -1.81. The zero-order valence-electron chi connectivity index (χ0n) is 23.3. The van der Waals surface area contributed by atoms with E-state index in [1.54, 1.807) is 78.9 Å². The van der Waals surface area contributed by atoms with E-state index in [0.717, 1.165) is 0 Å². The van der Waals surface area contributed by atoms with Gasteiger partial charge in [-0.15, -0.1) is 0 Å². The van der Waals surface area contributed by atoms with Crippen LogP contribution in [0.5, 0.6) is 0 Å². The molecule has 43 heavy (non-hydrogen) atoms. The fourth-order valence-electron chi connectivity index (χ4n) is 4.59. The van der Waals surface area contributed by atoms with Crippen molar-refractivity contribution in [1.29, 1.82) is 0 Å². The number of anilines is 1. The van der Waals surface area contributed by atoms with Gasteiger partial charge in [-0.3, -0.25) is 24.5 Å². The maximum Gasteiger partial charge on any atom is 0.268 e. The Kier molecular flexibility index (Phi) is 10.4. The Morgan fingerprint density at radius 1 is 1.00 bits per heavy atom. The average Bonchev–Trinajstić information content (AvgIpc) is 3.10. The van der Waals surface area contributed by atoms with Gasteiger partial charge in [0.1, 0.15) is 12.8 Å². The zero-order valence-corrected chi connectivity index (χ0v) is 24.1. The highest BCUT2D eigenvalue weighted by atomic mass is 32.2. The molecule has 0 radical (unpaired) electrons. The summed E-state index contributed by atoms with van der Waals surface area (Å²) in [7, 11) is -4.05. The first-order valence-electron chi connectivity index (χ1n) is 13.5. The fraction of sp³-hybridized carbons (Fsp3) is 0.233. The lowest BCUT2D eigenvalue weighted by molar-refractivity contribution is -0.125. The molecule has 6 N–H and O–H groups in total. The molecular weight excluding hydrogens is 570 g/mol. The van der Waals surface area contributed by atoms with Crippen molar-refractivity contribution in [1.82, 2.24) is 10.0 Å². The Morgan fingerprint density at radius 3 is 2.33 bits per heavy atom. The number of nitrogens with zero attached hydrogens (tertiary/aromatic N) is 3. The summed E-state index contributed by atoms with van der Waals surface area (Å²) in [5, 5.41) is 2.62. The van der Waals surface area contributed by atoms with Crippen molar-refractivity contribution < 1.29 is 22.8 Å². The van der Waals surface area contributed by atoms with Gasteiger partial charge in [-0.2, -0.15) is 4.72 Å². The number of guanidine groups is 1. The predicted octanol–water partition coefficient (Wildman–Crippen LogP) is 1.05. The first kappa shape index (κ1) is 31.1. The first-order chi connectivity index (χ1) is 20.7. The van der Waals surface area contributed by atoms with Gasteiger partial charge in [-0.1, -0.05) is 78.9 Å². The second kappa shape index (κ2) is 14.3. The molecule has 0 saturated heterocycles. The van der Waals surface area contributed by atoms with Crippen LogP contribution in [0.3, 0.4) is 0 Å². The number of carbonyl (C=O) groups is 3. The molecule has 0 bridgehead atoms. The molecule has 0 aliphatic carbocycles. The molecule has 2 atom stereocenters. The van der Waals surface area contributed by atoms with Gasteiger partial charge in [0.25, 0.3) is 5.91 Å². The monoisotopic (exact) mass is 603 g/mol. The lowest BCUT2D eigenvalue weighted by atomic mass is 10.0. The minimum absolute atomic E-state index is 0.0731. The number of rotatable bonds is 13. The van der Waals surface area contributed by atoms with Crippen molar-refractivity contribution in [3.63, 3.8) is 0 Å². The predicted molar refractivity (Wildman–Crippen MR) is 165 cm³/mol. The third-order valence-electron chi connectivity index (χ3n) is 6.53. The van der Waals surface area contributed by atoms with Gasteiger partial charge in [-0.25, -0.2) is 8.42 Å². The maximum absolute atomic E-state index is 14.0. The van der Waals surface area contributed by atoms with Crippen molar-refractivity contribution in [2.24, 2.45) is 21.5 Å². The van der Waals surface area contributed by atoms with Crippen LogP contribution in [0, 0.1) is 0 Å². The number of nitrogens with two attached hydrogens (primary N) is 2. The molecule has 0 aromatic heterocycles. The summed E-state index contributed by atoms with van der Waals surface area (Å²) in [5.41, 5.74) is 13.1. The van der Waals surface area contributed by atoms with Crippen molar-refractivity contribution in [2.75, 3.05) is 18.0 Å². The maximum atomic E-state index is 14.0. The van der Waals surface area contributed by atoms with Crippen LogP contribution in [0.25, 0.3) is 0 Å². The lowest BCUT2D eigenvalue weighted by Crippen LogP contribution is -2.51. The summed E-state index contributed by atoms with van der Waals surface area (Å²) in [4.78, 5) is 48.5. The van der Waals surface area contributed by atoms with Crippen LogP contribution in [0.4, 0.5) is 5.69 Å². The van der Waals surface area contributed by atoms with Gasteiger partial charge < -0.3 is 21.6 Å².